The third-order valence-corrected chi connectivity index (χ3v) is 7.36. The molecule has 2 aliphatic rings. The van der Waals surface area contributed by atoms with E-state index in [-0.39, 0.29) is 28.4 Å². The van der Waals surface area contributed by atoms with Crippen molar-refractivity contribution in [1.82, 2.24) is 9.55 Å². The van der Waals surface area contributed by atoms with Gasteiger partial charge in [0.1, 0.15) is 0 Å². The number of benzene rings is 1. The van der Waals surface area contributed by atoms with Gasteiger partial charge in [0.15, 0.2) is 15.0 Å². The zero-order chi connectivity index (χ0) is 16.4. The van der Waals surface area contributed by atoms with Crippen LogP contribution in [-0.4, -0.2) is 47.8 Å². The summed E-state index contributed by atoms with van der Waals surface area (Å²) in [6.07, 6.45) is 0. The van der Waals surface area contributed by atoms with Crippen molar-refractivity contribution in [2.45, 2.75) is 16.4 Å². The van der Waals surface area contributed by atoms with Crippen LogP contribution in [0.5, 0.6) is 0 Å². The average molecular weight is 352 g/mol. The van der Waals surface area contributed by atoms with Gasteiger partial charge in [-0.15, -0.1) is 0 Å². The number of fused-ring (bicyclic) bond motifs is 4. The standard InChI is InChI=1S/C14H12N2O5S2/c1-21-13(18)7-2-3-8-9(4-7)15-14-16(12(8)17)10-5-23(19,20)6-11(10)22-14/h2-4,10-11H,5-6H2,1H3/t10-,11+/m0/s1. The molecule has 0 aliphatic carbocycles. The van der Waals surface area contributed by atoms with E-state index in [1.807, 2.05) is 0 Å². The first-order valence-corrected chi connectivity index (χ1v) is 9.61. The Kier molecular flexibility index (Phi) is 3.08. The van der Waals surface area contributed by atoms with Gasteiger partial charge in [-0.25, -0.2) is 18.2 Å². The van der Waals surface area contributed by atoms with Crippen LogP contribution in [0.15, 0.2) is 28.2 Å². The van der Waals surface area contributed by atoms with Gasteiger partial charge in [-0.3, -0.25) is 9.36 Å². The molecular weight excluding hydrogens is 340 g/mol. The molecule has 2 atom stereocenters. The minimum Gasteiger partial charge on any atom is -0.465 e. The molecule has 0 spiro atoms. The summed E-state index contributed by atoms with van der Waals surface area (Å²) < 4.78 is 29.7. The van der Waals surface area contributed by atoms with E-state index in [4.69, 9.17) is 0 Å². The van der Waals surface area contributed by atoms with E-state index < -0.39 is 15.8 Å². The molecule has 2 aliphatic heterocycles. The third-order valence-electron chi connectivity index (χ3n) is 4.15. The molecule has 23 heavy (non-hydrogen) atoms. The number of thioether (sulfide) groups is 1. The maximum atomic E-state index is 12.7. The molecule has 0 unspecified atom stereocenters. The molecule has 7 nitrogen and oxygen atoms in total. The number of methoxy groups -OCH3 is 1. The number of esters is 1. The lowest BCUT2D eigenvalue weighted by atomic mass is 10.1. The van der Waals surface area contributed by atoms with Gasteiger partial charge in [0.05, 0.1) is 41.1 Å². The maximum absolute atomic E-state index is 12.7. The Hall–Kier alpha value is -1.87. The number of hydrogen-bond acceptors (Lipinski definition) is 7. The van der Waals surface area contributed by atoms with Crippen molar-refractivity contribution >= 4 is 38.5 Å². The first-order chi connectivity index (χ1) is 10.9. The van der Waals surface area contributed by atoms with Gasteiger partial charge >= 0.3 is 5.97 Å². The Morgan fingerprint density at radius 3 is 2.91 bits per heavy atom. The van der Waals surface area contributed by atoms with Crippen LogP contribution in [0.2, 0.25) is 0 Å². The zero-order valence-electron chi connectivity index (χ0n) is 12.1. The SMILES string of the molecule is COC(=O)c1ccc2c(=O)n3c(nc2c1)S[C@@H]1CS(=O)(=O)C[C@@H]13. The van der Waals surface area contributed by atoms with Crippen LogP contribution in [0.1, 0.15) is 16.4 Å². The van der Waals surface area contributed by atoms with Crippen molar-refractivity contribution in [2.75, 3.05) is 18.6 Å². The minimum absolute atomic E-state index is 0.0228. The number of hydrogen-bond donors (Lipinski definition) is 0. The molecule has 1 fully saturated rings. The summed E-state index contributed by atoms with van der Waals surface area (Å²) in [7, 11) is -1.82. The highest BCUT2D eigenvalue weighted by Gasteiger charge is 2.46. The fourth-order valence-electron chi connectivity index (χ4n) is 3.08. The first kappa shape index (κ1) is 14.7. The second kappa shape index (κ2) is 4.81. The predicted molar refractivity (Wildman–Crippen MR) is 84.7 cm³/mol. The number of carbonyl (C=O) groups is 1. The minimum atomic E-state index is -3.11. The van der Waals surface area contributed by atoms with Crippen molar-refractivity contribution in [3.63, 3.8) is 0 Å². The zero-order valence-corrected chi connectivity index (χ0v) is 13.7. The molecule has 0 amide bonds. The molecule has 1 aromatic heterocycles. The molecule has 0 N–H and O–H groups in total. The van der Waals surface area contributed by atoms with Crippen molar-refractivity contribution in [3.8, 4) is 0 Å². The summed E-state index contributed by atoms with van der Waals surface area (Å²) in [5, 5.41) is 0.707. The molecule has 3 heterocycles. The molecule has 4 rings (SSSR count). The van der Waals surface area contributed by atoms with Crippen LogP contribution in [0.3, 0.4) is 0 Å². The lowest BCUT2D eigenvalue weighted by Crippen LogP contribution is -2.27. The summed E-state index contributed by atoms with van der Waals surface area (Å²) in [6, 6.07) is 4.21. The quantitative estimate of drug-likeness (QED) is 0.548. The second-order valence-electron chi connectivity index (χ2n) is 5.59. The lowest BCUT2D eigenvalue weighted by molar-refractivity contribution is 0.0601. The molecule has 1 saturated heterocycles. The molecule has 0 radical (unpaired) electrons. The van der Waals surface area contributed by atoms with Gasteiger partial charge in [-0.05, 0) is 18.2 Å². The third kappa shape index (κ3) is 2.18. The number of ether oxygens (including phenoxy) is 1. The predicted octanol–water partition coefficient (Wildman–Crippen LogP) is 0.627. The fourth-order valence-corrected chi connectivity index (χ4v) is 6.99. The Morgan fingerprint density at radius 2 is 2.17 bits per heavy atom. The lowest BCUT2D eigenvalue weighted by Gasteiger charge is -2.11. The molecule has 120 valence electrons. The number of aromatic nitrogens is 2. The molecule has 0 saturated carbocycles. The van der Waals surface area contributed by atoms with Gasteiger partial charge < -0.3 is 4.74 Å². The summed E-state index contributed by atoms with van der Waals surface area (Å²) >= 11 is 1.31. The second-order valence-corrected chi connectivity index (χ2v) is 8.95. The first-order valence-electron chi connectivity index (χ1n) is 6.91. The van der Waals surface area contributed by atoms with E-state index in [1.54, 1.807) is 0 Å². The fraction of sp³-hybridized carbons (Fsp3) is 0.357. The van der Waals surface area contributed by atoms with E-state index in [0.717, 1.165) is 0 Å². The van der Waals surface area contributed by atoms with E-state index in [9.17, 15) is 18.0 Å². The molecule has 9 heteroatoms. The van der Waals surface area contributed by atoms with Gasteiger partial charge in [-0.2, -0.15) is 0 Å². The number of carbonyl (C=O) groups excluding carboxylic acids is 1. The summed E-state index contributed by atoms with van der Waals surface area (Å²) in [6.45, 7) is 0. The van der Waals surface area contributed by atoms with Crippen LogP contribution >= 0.6 is 11.8 Å². The van der Waals surface area contributed by atoms with Crippen molar-refractivity contribution in [3.05, 3.63) is 34.1 Å². The summed E-state index contributed by atoms with van der Waals surface area (Å²) in [5.74, 6) is -0.454. The summed E-state index contributed by atoms with van der Waals surface area (Å²) in [4.78, 5) is 28.8. The number of nitrogens with zero attached hydrogens (tertiary/aromatic N) is 2. The van der Waals surface area contributed by atoms with Gasteiger partial charge in [-0.1, -0.05) is 11.8 Å². The van der Waals surface area contributed by atoms with Gasteiger partial charge in [0, 0.05) is 5.25 Å². The maximum Gasteiger partial charge on any atom is 0.337 e. The Balaban J connectivity index is 1.90. The Bertz CT molecular complexity index is 1010. The van der Waals surface area contributed by atoms with Crippen molar-refractivity contribution < 1.29 is 17.9 Å². The largest absolute Gasteiger partial charge is 0.465 e. The van der Waals surface area contributed by atoms with Crippen molar-refractivity contribution in [1.29, 1.82) is 0 Å². The van der Waals surface area contributed by atoms with E-state index in [2.05, 4.69) is 9.72 Å². The molecule has 2 aromatic rings. The average Bonchev–Trinajstić information content (AvgIpc) is 2.97. The van der Waals surface area contributed by atoms with Crippen LogP contribution in [0.4, 0.5) is 0 Å². The van der Waals surface area contributed by atoms with Crippen LogP contribution in [-0.2, 0) is 14.6 Å². The number of sulfone groups is 1. The van der Waals surface area contributed by atoms with Crippen LogP contribution < -0.4 is 5.56 Å². The molecule has 0 bridgehead atoms. The van der Waals surface area contributed by atoms with E-state index in [0.29, 0.717) is 21.6 Å². The highest BCUT2D eigenvalue weighted by atomic mass is 32.2. The highest BCUT2D eigenvalue weighted by Crippen LogP contribution is 2.43. The monoisotopic (exact) mass is 352 g/mol. The van der Waals surface area contributed by atoms with E-state index in [1.165, 1.54) is 41.6 Å². The highest BCUT2D eigenvalue weighted by molar-refractivity contribution is 8.02. The smallest absolute Gasteiger partial charge is 0.337 e. The topological polar surface area (TPSA) is 95.3 Å². The molecular formula is C14H12N2O5S2. The van der Waals surface area contributed by atoms with Gasteiger partial charge in [0.25, 0.3) is 5.56 Å². The van der Waals surface area contributed by atoms with Crippen molar-refractivity contribution in [2.24, 2.45) is 0 Å². The van der Waals surface area contributed by atoms with Crippen LogP contribution in [0, 0.1) is 0 Å². The normalized spacial score (nSPS) is 24.4. The van der Waals surface area contributed by atoms with Gasteiger partial charge in [0.2, 0.25) is 0 Å². The molecule has 1 aromatic carbocycles. The van der Waals surface area contributed by atoms with Crippen LogP contribution in [0.25, 0.3) is 10.9 Å². The summed E-state index contributed by atoms with van der Waals surface area (Å²) in [5.41, 5.74) is 0.473. The number of rotatable bonds is 1. The Morgan fingerprint density at radius 1 is 1.39 bits per heavy atom. The van der Waals surface area contributed by atoms with E-state index >= 15 is 0 Å². The Labute approximate surface area is 135 Å².